The predicted molar refractivity (Wildman–Crippen MR) is 73.4 cm³/mol. The highest BCUT2D eigenvalue weighted by molar-refractivity contribution is 5.89. The Labute approximate surface area is 111 Å². The van der Waals surface area contributed by atoms with E-state index in [0.29, 0.717) is 25.9 Å². The molecule has 0 amide bonds. The van der Waals surface area contributed by atoms with Gasteiger partial charge in [0.1, 0.15) is 0 Å². The summed E-state index contributed by atoms with van der Waals surface area (Å²) in [7, 11) is 0. The van der Waals surface area contributed by atoms with Crippen molar-refractivity contribution in [2.75, 3.05) is 6.61 Å². The largest absolute Gasteiger partial charge is 0.466 e. The molecule has 0 aliphatic rings. The fourth-order valence-corrected chi connectivity index (χ4v) is 1.65. The van der Waals surface area contributed by atoms with Crippen molar-refractivity contribution in [1.29, 1.82) is 0 Å². The SMILES string of the molecule is C=CC(=O)CCCC(=O)OCCCCCCCC. The van der Waals surface area contributed by atoms with Gasteiger partial charge in [0.25, 0.3) is 0 Å². The van der Waals surface area contributed by atoms with Gasteiger partial charge in [0.15, 0.2) is 5.78 Å². The molecule has 0 aromatic carbocycles. The molecule has 0 aromatic rings. The molecule has 0 fully saturated rings. The molecule has 0 aromatic heterocycles. The zero-order valence-corrected chi connectivity index (χ0v) is 11.6. The van der Waals surface area contributed by atoms with E-state index in [4.69, 9.17) is 4.74 Å². The van der Waals surface area contributed by atoms with E-state index in [9.17, 15) is 9.59 Å². The minimum Gasteiger partial charge on any atom is -0.466 e. The summed E-state index contributed by atoms with van der Waals surface area (Å²) in [6.45, 7) is 6.09. The molecule has 0 aliphatic heterocycles. The normalized spacial score (nSPS) is 10.1. The lowest BCUT2D eigenvalue weighted by atomic mass is 10.1. The Morgan fingerprint density at radius 2 is 1.67 bits per heavy atom. The number of ether oxygens (including phenoxy) is 1. The van der Waals surface area contributed by atoms with Crippen LogP contribution in [0.4, 0.5) is 0 Å². The van der Waals surface area contributed by atoms with Crippen LogP contribution < -0.4 is 0 Å². The lowest BCUT2D eigenvalue weighted by Gasteiger charge is -2.04. The Bertz CT molecular complexity index is 246. The van der Waals surface area contributed by atoms with Crippen molar-refractivity contribution in [3.8, 4) is 0 Å². The maximum atomic E-state index is 11.3. The Morgan fingerprint density at radius 3 is 2.33 bits per heavy atom. The standard InChI is InChI=1S/C15H26O3/c1-3-5-6-7-8-9-13-18-15(17)12-10-11-14(16)4-2/h4H,2-3,5-13H2,1H3. The number of hydrogen-bond donors (Lipinski definition) is 0. The van der Waals surface area contributed by atoms with Crippen molar-refractivity contribution in [1.82, 2.24) is 0 Å². The summed E-state index contributed by atoms with van der Waals surface area (Å²) >= 11 is 0. The molecule has 0 spiro atoms. The minimum atomic E-state index is -0.194. The van der Waals surface area contributed by atoms with Gasteiger partial charge in [-0.25, -0.2) is 0 Å². The number of rotatable bonds is 12. The smallest absolute Gasteiger partial charge is 0.305 e. The van der Waals surface area contributed by atoms with Crippen LogP contribution in [0.5, 0.6) is 0 Å². The van der Waals surface area contributed by atoms with Crippen molar-refractivity contribution in [2.24, 2.45) is 0 Å². The number of esters is 1. The van der Waals surface area contributed by atoms with Crippen LogP contribution in [-0.4, -0.2) is 18.4 Å². The van der Waals surface area contributed by atoms with Crippen molar-refractivity contribution in [3.63, 3.8) is 0 Å². The van der Waals surface area contributed by atoms with Crippen LogP contribution in [0.1, 0.15) is 64.7 Å². The topological polar surface area (TPSA) is 43.4 Å². The predicted octanol–water partition coefficient (Wildman–Crippen LogP) is 3.82. The van der Waals surface area contributed by atoms with E-state index in [-0.39, 0.29) is 11.8 Å². The number of carbonyl (C=O) groups is 2. The minimum absolute atomic E-state index is 0.0151. The quantitative estimate of drug-likeness (QED) is 0.302. The second-order valence-electron chi connectivity index (χ2n) is 4.51. The summed E-state index contributed by atoms with van der Waals surface area (Å²) < 4.78 is 5.09. The third-order valence-electron chi connectivity index (χ3n) is 2.79. The highest BCUT2D eigenvalue weighted by atomic mass is 16.5. The molecule has 0 aliphatic carbocycles. The Kier molecular flexibility index (Phi) is 11.6. The highest BCUT2D eigenvalue weighted by Gasteiger charge is 2.04. The summed E-state index contributed by atoms with van der Waals surface area (Å²) in [6, 6.07) is 0. The van der Waals surface area contributed by atoms with E-state index in [1.807, 2.05) is 0 Å². The van der Waals surface area contributed by atoms with Crippen molar-refractivity contribution < 1.29 is 14.3 Å². The summed E-state index contributed by atoms with van der Waals surface area (Å²) in [5, 5.41) is 0. The number of allylic oxidation sites excluding steroid dienone is 1. The molecule has 0 radical (unpaired) electrons. The summed E-state index contributed by atoms with van der Waals surface area (Å²) in [5.41, 5.74) is 0. The zero-order chi connectivity index (χ0) is 13.6. The van der Waals surface area contributed by atoms with Gasteiger partial charge in [-0.15, -0.1) is 0 Å². The molecule has 0 saturated carbocycles. The van der Waals surface area contributed by atoms with Crippen LogP contribution >= 0.6 is 0 Å². The van der Waals surface area contributed by atoms with E-state index in [1.165, 1.54) is 31.8 Å². The van der Waals surface area contributed by atoms with Gasteiger partial charge >= 0.3 is 5.97 Å². The van der Waals surface area contributed by atoms with Gasteiger partial charge in [-0.05, 0) is 18.9 Å². The van der Waals surface area contributed by atoms with Crippen molar-refractivity contribution in [3.05, 3.63) is 12.7 Å². The van der Waals surface area contributed by atoms with Crippen LogP contribution in [0.15, 0.2) is 12.7 Å². The van der Waals surface area contributed by atoms with Gasteiger partial charge in [0.05, 0.1) is 6.61 Å². The maximum Gasteiger partial charge on any atom is 0.305 e. The van der Waals surface area contributed by atoms with Gasteiger partial charge in [0.2, 0.25) is 0 Å². The monoisotopic (exact) mass is 254 g/mol. The first-order valence-corrected chi connectivity index (χ1v) is 7.01. The van der Waals surface area contributed by atoms with Crippen LogP contribution in [-0.2, 0) is 14.3 Å². The third-order valence-corrected chi connectivity index (χ3v) is 2.79. The lowest BCUT2D eigenvalue weighted by molar-refractivity contribution is -0.143. The van der Waals surface area contributed by atoms with Crippen LogP contribution in [0.25, 0.3) is 0 Å². The average Bonchev–Trinajstić information content (AvgIpc) is 2.37. The molecule has 3 heteroatoms. The average molecular weight is 254 g/mol. The Balaban J connectivity index is 3.26. The molecule has 104 valence electrons. The maximum absolute atomic E-state index is 11.3. The Morgan fingerprint density at radius 1 is 1.00 bits per heavy atom. The first-order chi connectivity index (χ1) is 8.70. The number of hydrogen-bond acceptors (Lipinski definition) is 3. The fraction of sp³-hybridized carbons (Fsp3) is 0.733. The number of ketones is 1. The number of unbranched alkanes of at least 4 members (excludes halogenated alkanes) is 5. The molecule has 0 saturated heterocycles. The highest BCUT2D eigenvalue weighted by Crippen LogP contribution is 2.05. The molecule has 18 heavy (non-hydrogen) atoms. The number of carbonyl (C=O) groups excluding carboxylic acids is 2. The Hall–Kier alpha value is -1.12. The van der Waals surface area contributed by atoms with Gasteiger partial charge in [0, 0.05) is 12.8 Å². The lowest BCUT2D eigenvalue weighted by Crippen LogP contribution is -2.06. The molecule has 0 unspecified atom stereocenters. The van der Waals surface area contributed by atoms with E-state index in [1.54, 1.807) is 0 Å². The molecular formula is C15H26O3. The molecule has 0 heterocycles. The fourth-order valence-electron chi connectivity index (χ4n) is 1.65. The van der Waals surface area contributed by atoms with Gasteiger partial charge in [-0.2, -0.15) is 0 Å². The molecule has 3 nitrogen and oxygen atoms in total. The van der Waals surface area contributed by atoms with E-state index < -0.39 is 0 Å². The third kappa shape index (κ3) is 11.4. The molecule has 0 N–H and O–H groups in total. The van der Waals surface area contributed by atoms with Crippen LogP contribution in [0, 0.1) is 0 Å². The van der Waals surface area contributed by atoms with E-state index in [2.05, 4.69) is 13.5 Å². The van der Waals surface area contributed by atoms with Gasteiger partial charge in [-0.1, -0.05) is 45.6 Å². The molecular weight excluding hydrogens is 228 g/mol. The summed E-state index contributed by atoms with van der Waals surface area (Å²) in [6.07, 6.45) is 9.67. The van der Waals surface area contributed by atoms with E-state index in [0.717, 1.165) is 12.8 Å². The zero-order valence-electron chi connectivity index (χ0n) is 11.6. The molecule has 0 rings (SSSR count). The van der Waals surface area contributed by atoms with Crippen molar-refractivity contribution >= 4 is 11.8 Å². The van der Waals surface area contributed by atoms with E-state index >= 15 is 0 Å². The summed E-state index contributed by atoms with van der Waals surface area (Å²) in [4.78, 5) is 22.2. The van der Waals surface area contributed by atoms with Gasteiger partial charge in [-0.3, -0.25) is 9.59 Å². The second-order valence-corrected chi connectivity index (χ2v) is 4.51. The molecule has 0 bridgehead atoms. The first-order valence-electron chi connectivity index (χ1n) is 7.01. The van der Waals surface area contributed by atoms with Crippen LogP contribution in [0.2, 0.25) is 0 Å². The molecule has 0 atom stereocenters. The van der Waals surface area contributed by atoms with Crippen molar-refractivity contribution in [2.45, 2.75) is 64.7 Å². The first kappa shape index (κ1) is 16.9. The summed E-state index contributed by atoms with van der Waals surface area (Å²) in [5.74, 6) is -0.209. The van der Waals surface area contributed by atoms with Gasteiger partial charge < -0.3 is 4.74 Å². The second kappa shape index (κ2) is 12.3. The van der Waals surface area contributed by atoms with Crippen LogP contribution in [0.3, 0.4) is 0 Å².